The van der Waals surface area contributed by atoms with Crippen LogP contribution in [0.25, 0.3) is 17.1 Å². The number of hydrogen-bond donors (Lipinski definition) is 0. The van der Waals surface area contributed by atoms with Gasteiger partial charge in [0.05, 0.1) is 5.75 Å². The van der Waals surface area contributed by atoms with Crippen molar-refractivity contribution >= 4 is 17.7 Å². The van der Waals surface area contributed by atoms with Crippen molar-refractivity contribution in [2.75, 3.05) is 12.3 Å². The molecule has 0 bridgehead atoms. The average Bonchev–Trinajstić information content (AvgIpc) is 3.17. The highest BCUT2D eigenvalue weighted by Crippen LogP contribution is 2.29. The average molecular weight is 407 g/mol. The first kappa shape index (κ1) is 19.7. The second kappa shape index (κ2) is 8.82. The Bertz CT molecular complexity index is 968. The predicted octanol–water partition coefficient (Wildman–Crippen LogP) is 4.74. The molecule has 1 aliphatic rings. The van der Waals surface area contributed by atoms with Crippen molar-refractivity contribution in [3.63, 3.8) is 0 Å². The van der Waals surface area contributed by atoms with E-state index in [2.05, 4.69) is 48.3 Å². The summed E-state index contributed by atoms with van der Waals surface area (Å²) in [6.07, 6.45) is 3.40. The summed E-state index contributed by atoms with van der Waals surface area (Å²) in [7, 11) is 0. The van der Waals surface area contributed by atoms with E-state index in [0.29, 0.717) is 11.8 Å². The van der Waals surface area contributed by atoms with Crippen molar-refractivity contribution in [3.05, 3.63) is 60.2 Å². The summed E-state index contributed by atoms with van der Waals surface area (Å²) < 4.78 is 2.05. The monoisotopic (exact) mass is 406 g/mol. The minimum atomic E-state index is 0.182. The van der Waals surface area contributed by atoms with E-state index in [4.69, 9.17) is 0 Å². The van der Waals surface area contributed by atoms with E-state index >= 15 is 0 Å². The largest absolute Gasteiger partial charge is 0.339 e. The molecule has 0 spiro atoms. The van der Waals surface area contributed by atoms with Crippen molar-refractivity contribution in [1.82, 2.24) is 19.7 Å². The number of amides is 1. The highest BCUT2D eigenvalue weighted by Gasteiger charge is 2.24. The van der Waals surface area contributed by atoms with Gasteiger partial charge in [0, 0.05) is 23.8 Å². The number of thioether (sulfide) groups is 1. The molecule has 29 heavy (non-hydrogen) atoms. The molecule has 1 aromatic heterocycles. The fraction of sp³-hybridized carbons (Fsp3) is 0.348. The topological polar surface area (TPSA) is 51.0 Å². The molecule has 1 saturated heterocycles. The fourth-order valence-corrected chi connectivity index (χ4v) is 4.58. The van der Waals surface area contributed by atoms with Gasteiger partial charge in [-0.1, -0.05) is 59.8 Å². The van der Waals surface area contributed by atoms with Gasteiger partial charge in [-0.3, -0.25) is 9.36 Å². The van der Waals surface area contributed by atoms with E-state index in [1.165, 1.54) is 23.7 Å². The zero-order valence-electron chi connectivity index (χ0n) is 16.9. The Balaban J connectivity index is 1.62. The molecule has 150 valence electrons. The number of carbonyl (C=O) groups is 1. The molecule has 0 aliphatic carbocycles. The maximum Gasteiger partial charge on any atom is 0.233 e. The van der Waals surface area contributed by atoms with Crippen molar-refractivity contribution < 1.29 is 4.79 Å². The highest BCUT2D eigenvalue weighted by molar-refractivity contribution is 7.99. The van der Waals surface area contributed by atoms with Crippen LogP contribution in [0.4, 0.5) is 0 Å². The first-order valence-electron chi connectivity index (χ1n) is 10.1. The van der Waals surface area contributed by atoms with Gasteiger partial charge in [-0.25, -0.2) is 0 Å². The van der Waals surface area contributed by atoms with Crippen LogP contribution in [0.15, 0.2) is 59.8 Å². The SMILES string of the molecule is Cc1ccc(-n2c(SCC(=O)N3CCCCC3C)nnc2-c2ccccc2)cc1. The fourth-order valence-electron chi connectivity index (χ4n) is 3.74. The van der Waals surface area contributed by atoms with Crippen molar-refractivity contribution in [2.24, 2.45) is 0 Å². The van der Waals surface area contributed by atoms with Gasteiger partial charge in [0.25, 0.3) is 0 Å². The number of benzene rings is 2. The molecule has 4 rings (SSSR count). The Hall–Kier alpha value is -2.60. The molecule has 1 unspecified atom stereocenters. The second-order valence-electron chi connectivity index (χ2n) is 7.56. The molecular formula is C23H26N4OS. The van der Waals surface area contributed by atoms with Crippen molar-refractivity contribution in [2.45, 2.75) is 44.3 Å². The van der Waals surface area contributed by atoms with Gasteiger partial charge in [0.1, 0.15) is 0 Å². The van der Waals surface area contributed by atoms with Crippen LogP contribution in [0.2, 0.25) is 0 Å². The van der Waals surface area contributed by atoms with Gasteiger partial charge in [0.2, 0.25) is 5.91 Å². The number of likely N-dealkylation sites (tertiary alicyclic amines) is 1. The Morgan fingerprint density at radius 2 is 1.83 bits per heavy atom. The minimum Gasteiger partial charge on any atom is -0.339 e. The summed E-state index contributed by atoms with van der Waals surface area (Å²) in [5.74, 6) is 1.35. The molecular weight excluding hydrogens is 380 g/mol. The van der Waals surface area contributed by atoms with Crippen LogP contribution >= 0.6 is 11.8 Å². The lowest BCUT2D eigenvalue weighted by molar-refractivity contribution is -0.131. The zero-order chi connectivity index (χ0) is 20.2. The zero-order valence-corrected chi connectivity index (χ0v) is 17.7. The number of piperidine rings is 1. The molecule has 2 heterocycles. The summed E-state index contributed by atoms with van der Waals surface area (Å²) in [4.78, 5) is 14.8. The van der Waals surface area contributed by atoms with Gasteiger partial charge in [0.15, 0.2) is 11.0 Å². The van der Waals surface area contributed by atoms with Gasteiger partial charge in [-0.05, 0) is 45.2 Å². The van der Waals surface area contributed by atoms with E-state index < -0.39 is 0 Å². The van der Waals surface area contributed by atoms with Crippen molar-refractivity contribution in [1.29, 1.82) is 0 Å². The maximum absolute atomic E-state index is 12.8. The summed E-state index contributed by atoms with van der Waals surface area (Å²) in [5, 5.41) is 9.63. The summed E-state index contributed by atoms with van der Waals surface area (Å²) in [6.45, 7) is 5.08. The van der Waals surface area contributed by atoms with Gasteiger partial charge < -0.3 is 4.90 Å². The number of aryl methyl sites for hydroxylation is 1. The van der Waals surface area contributed by atoms with Crippen LogP contribution < -0.4 is 0 Å². The highest BCUT2D eigenvalue weighted by atomic mass is 32.2. The first-order chi connectivity index (χ1) is 14.1. The molecule has 1 fully saturated rings. The van der Waals surface area contributed by atoms with Gasteiger partial charge in [-0.15, -0.1) is 10.2 Å². The van der Waals surface area contributed by atoms with Crippen LogP contribution in [-0.2, 0) is 4.79 Å². The van der Waals surface area contributed by atoms with Gasteiger partial charge >= 0.3 is 0 Å². The van der Waals surface area contributed by atoms with Gasteiger partial charge in [-0.2, -0.15) is 0 Å². The number of hydrogen-bond acceptors (Lipinski definition) is 4. The third kappa shape index (κ3) is 4.37. The molecule has 6 heteroatoms. The molecule has 0 saturated carbocycles. The number of aromatic nitrogens is 3. The first-order valence-corrected chi connectivity index (χ1v) is 11.1. The molecule has 3 aromatic rings. The van der Waals surface area contributed by atoms with E-state index in [0.717, 1.165) is 41.6 Å². The van der Waals surface area contributed by atoms with E-state index in [1.54, 1.807) is 0 Å². The van der Waals surface area contributed by atoms with Crippen molar-refractivity contribution in [3.8, 4) is 17.1 Å². The van der Waals surface area contributed by atoms with Crippen LogP contribution in [0.1, 0.15) is 31.7 Å². The Kier molecular flexibility index (Phi) is 6.00. The molecule has 2 aromatic carbocycles. The van der Waals surface area contributed by atoms with Crippen LogP contribution in [0.5, 0.6) is 0 Å². The summed E-state index contributed by atoms with van der Waals surface area (Å²) >= 11 is 1.46. The molecule has 0 N–H and O–H groups in total. The van der Waals surface area contributed by atoms with Crippen LogP contribution in [0.3, 0.4) is 0 Å². The molecule has 1 amide bonds. The molecule has 1 aliphatic heterocycles. The Morgan fingerprint density at radius 3 is 2.55 bits per heavy atom. The number of nitrogens with zero attached hydrogens (tertiary/aromatic N) is 4. The molecule has 1 atom stereocenters. The summed E-state index contributed by atoms with van der Waals surface area (Å²) in [5.41, 5.74) is 3.20. The summed E-state index contributed by atoms with van der Waals surface area (Å²) in [6, 6.07) is 18.7. The van der Waals surface area contributed by atoms with Crippen LogP contribution in [0, 0.1) is 6.92 Å². The lowest BCUT2D eigenvalue weighted by Gasteiger charge is -2.33. The quantitative estimate of drug-likeness (QED) is 0.575. The van der Waals surface area contributed by atoms with E-state index in [1.807, 2.05) is 39.8 Å². The Labute approximate surface area is 176 Å². The Morgan fingerprint density at radius 1 is 1.07 bits per heavy atom. The second-order valence-corrected chi connectivity index (χ2v) is 8.51. The standard InChI is InChI=1S/C23H26N4OS/c1-17-11-13-20(14-12-17)27-22(19-9-4-3-5-10-19)24-25-23(27)29-16-21(28)26-15-7-6-8-18(26)2/h3-5,9-14,18H,6-8,15-16H2,1-2H3. The number of carbonyl (C=O) groups excluding carboxylic acids is 1. The number of rotatable bonds is 5. The lowest BCUT2D eigenvalue weighted by atomic mass is 10.0. The predicted molar refractivity (Wildman–Crippen MR) is 117 cm³/mol. The van der Waals surface area contributed by atoms with E-state index in [9.17, 15) is 4.79 Å². The molecule has 5 nitrogen and oxygen atoms in total. The minimum absolute atomic E-state index is 0.182. The van der Waals surface area contributed by atoms with Crippen LogP contribution in [-0.4, -0.2) is 43.9 Å². The maximum atomic E-state index is 12.8. The smallest absolute Gasteiger partial charge is 0.233 e. The lowest BCUT2D eigenvalue weighted by Crippen LogP contribution is -2.42. The normalized spacial score (nSPS) is 16.8. The third-order valence-corrected chi connectivity index (χ3v) is 6.32. The molecule has 0 radical (unpaired) electrons. The van der Waals surface area contributed by atoms with E-state index in [-0.39, 0.29) is 5.91 Å². The third-order valence-electron chi connectivity index (χ3n) is 5.41.